The van der Waals surface area contributed by atoms with Gasteiger partial charge in [-0.1, -0.05) is 60.7 Å². The molecule has 9 nitrogen and oxygen atoms in total. The molecule has 2 aliphatic heterocycles. The van der Waals surface area contributed by atoms with Crippen molar-refractivity contribution >= 4 is 11.9 Å². The number of amides is 1. The fourth-order valence-electron chi connectivity index (χ4n) is 4.50. The first-order valence-electron chi connectivity index (χ1n) is 12.9. The second kappa shape index (κ2) is 12.8. The molecular formula is C29H37NO8. The van der Waals surface area contributed by atoms with Crippen LogP contribution >= 0.6 is 0 Å². The number of benzene rings is 2. The molecule has 1 amide bonds. The fourth-order valence-corrected chi connectivity index (χ4v) is 4.50. The molecule has 0 unspecified atom stereocenters. The van der Waals surface area contributed by atoms with E-state index in [0.717, 1.165) is 11.1 Å². The van der Waals surface area contributed by atoms with Gasteiger partial charge in [0.1, 0.15) is 30.0 Å². The highest BCUT2D eigenvalue weighted by molar-refractivity contribution is 5.73. The van der Waals surface area contributed by atoms with E-state index in [-0.39, 0.29) is 38.1 Å². The number of esters is 1. The second-order valence-corrected chi connectivity index (χ2v) is 10.4. The van der Waals surface area contributed by atoms with Gasteiger partial charge in [0.2, 0.25) is 5.91 Å². The maximum atomic E-state index is 12.3. The van der Waals surface area contributed by atoms with Gasteiger partial charge in [0.15, 0.2) is 12.6 Å². The Labute approximate surface area is 223 Å². The normalized spacial score (nSPS) is 27.3. The van der Waals surface area contributed by atoms with E-state index in [1.165, 1.54) is 6.92 Å². The van der Waals surface area contributed by atoms with E-state index in [1.54, 1.807) is 0 Å². The summed E-state index contributed by atoms with van der Waals surface area (Å²) in [6, 6.07) is 18.6. The SMILES string of the molecule is CC(=O)N[C@@H]1[C@H](OCc2ccccc2)O[C@@H]2CO[C@@H](c3ccccc3)O[C@H]2[C@@H]1OCCC(=O)OC(C)(C)C. The van der Waals surface area contributed by atoms with E-state index in [9.17, 15) is 9.59 Å². The molecule has 9 heteroatoms. The molecule has 2 saturated heterocycles. The van der Waals surface area contributed by atoms with E-state index < -0.39 is 42.5 Å². The molecule has 4 rings (SSSR count). The lowest BCUT2D eigenvalue weighted by Gasteiger charge is -2.49. The number of carbonyl (C=O) groups excluding carboxylic acids is 2. The number of hydrogen-bond acceptors (Lipinski definition) is 8. The van der Waals surface area contributed by atoms with Crippen LogP contribution in [0.2, 0.25) is 0 Å². The van der Waals surface area contributed by atoms with Crippen molar-refractivity contribution in [2.75, 3.05) is 13.2 Å². The molecular weight excluding hydrogens is 490 g/mol. The largest absolute Gasteiger partial charge is 0.460 e. The van der Waals surface area contributed by atoms with Crippen LogP contribution in [0.1, 0.15) is 51.5 Å². The van der Waals surface area contributed by atoms with E-state index in [2.05, 4.69) is 5.32 Å². The van der Waals surface area contributed by atoms with E-state index in [0.29, 0.717) is 0 Å². The molecule has 206 valence electrons. The third-order valence-electron chi connectivity index (χ3n) is 6.07. The van der Waals surface area contributed by atoms with Crippen LogP contribution in [0.25, 0.3) is 0 Å². The number of carbonyl (C=O) groups is 2. The summed E-state index contributed by atoms with van der Waals surface area (Å²) in [7, 11) is 0. The average molecular weight is 528 g/mol. The summed E-state index contributed by atoms with van der Waals surface area (Å²) in [6.07, 6.45) is -3.16. The first kappa shape index (κ1) is 28.2. The zero-order chi connectivity index (χ0) is 27.1. The molecule has 2 fully saturated rings. The van der Waals surface area contributed by atoms with Gasteiger partial charge < -0.3 is 33.7 Å². The summed E-state index contributed by atoms with van der Waals surface area (Å²) in [5, 5.41) is 2.93. The minimum absolute atomic E-state index is 0.0486. The Morgan fingerprint density at radius 3 is 2.32 bits per heavy atom. The first-order valence-corrected chi connectivity index (χ1v) is 12.9. The molecule has 0 aromatic heterocycles. The summed E-state index contributed by atoms with van der Waals surface area (Å²) in [6.45, 7) is 7.47. The predicted octanol–water partition coefficient (Wildman–Crippen LogP) is 3.66. The van der Waals surface area contributed by atoms with Crippen molar-refractivity contribution in [1.82, 2.24) is 5.32 Å². The monoisotopic (exact) mass is 527 g/mol. The lowest BCUT2D eigenvalue weighted by Crippen LogP contribution is -2.67. The Kier molecular flexibility index (Phi) is 9.51. The Hall–Kier alpha value is -2.82. The van der Waals surface area contributed by atoms with Gasteiger partial charge in [-0.3, -0.25) is 9.59 Å². The Morgan fingerprint density at radius 1 is 0.974 bits per heavy atom. The van der Waals surface area contributed by atoms with Crippen LogP contribution in [0.3, 0.4) is 0 Å². The molecule has 1 N–H and O–H groups in total. The van der Waals surface area contributed by atoms with E-state index >= 15 is 0 Å². The molecule has 2 aromatic carbocycles. The van der Waals surface area contributed by atoms with Crippen molar-refractivity contribution in [2.24, 2.45) is 0 Å². The van der Waals surface area contributed by atoms with Gasteiger partial charge >= 0.3 is 5.97 Å². The van der Waals surface area contributed by atoms with Crippen molar-refractivity contribution < 1.29 is 38.0 Å². The topological polar surface area (TPSA) is 102 Å². The zero-order valence-corrected chi connectivity index (χ0v) is 22.3. The minimum atomic E-state index is -0.827. The Balaban J connectivity index is 1.53. The smallest absolute Gasteiger partial charge is 0.308 e. The maximum absolute atomic E-state index is 12.3. The Bertz CT molecular complexity index is 1040. The molecule has 0 spiro atoms. The van der Waals surface area contributed by atoms with Crippen LogP contribution in [-0.2, 0) is 44.6 Å². The van der Waals surface area contributed by atoms with Crippen molar-refractivity contribution in [3.05, 3.63) is 71.8 Å². The standard InChI is InChI=1S/C29H37NO8/c1-19(31)30-24-26(33-16-15-23(32)38-29(2,3)4)25-22(18-35-27(37-25)21-13-9-6-10-14-21)36-28(24)34-17-20-11-7-5-8-12-20/h5-14,22,24-28H,15-18H2,1-4H3,(H,30,31)/t22-,24+,25-,26-,27-,28-/m1/s1. The van der Waals surface area contributed by atoms with Crippen molar-refractivity contribution in [3.8, 4) is 0 Å². The highest BCUT2D eigenvalue weighted by Crippen LogP contribution is 2.36. The third kappa shape index (κ3) is 7.85. The summed E-state index contributed by atoms with van der Waals surface area (Å²) >= 11 is 0. The van der Waals surface area contributed by atoms with Crippen molar-refractivity contribution in [1.29, 1.82) is 0 Å². The molecule has 0 aliphatic carbocycles. The lowest BCUT2D eigenvalue weighted by molar-refractivity contribution is -0.349. The average Bonchev–Trinajstić information content (AvgIpc) is 2.88. The van der Waals surface area contributed by atoms with Gasteiger partial charge in [0.25, 0.3) is 0 Å². The number of hydrogen-bond donors (Lipinski definition) is 1. The Morgan fingerprint density at radius 2 is 1.66 bits per heavy atom. The van der Waals surface area contributed by atoms with Crippen LogP contribution in [0.5, 0.6) is 0 Å². The van der Waals surface area contributed by atoms with E-state index in [4.69, 9.17) is 28.4 Å². The van der Waals surface area contributed by atoms with Crippen LogP contribution in [0, 0.1) is 0 Å². The predicted molar refractivity (Wildman–Crippen MR) is 138 cm³/mol. The summed E-state index contributed by atoms with van der Waals surface area (Å²) in [4.78, 5) is 24.6. The number of fused-ring (bicyclic) bond motifs is 1. The minimum Gasteiger partial charge on any atom is -0.460 e. The molecule has 0 radical (unpaired) electrons. The molecule has 6 atom stereocenters. The molecule has 0 bridgehead atoms. The highest BCUT2D eigenvalue weighted by atomic mass is 16.7. The summed E-state index contributed by atoms with van der Waals surface area (Å²) < 4.78 is 36.4. The molecule has 0 saturated carbocycles. The van der Waals surface area contributed by atoms with Crippen molar-refractivity contribution in [2.45, 2.75) is 83.3 Å². The van der Waals surface area contributed by atoms with Gasteiger partial charge in [-0.05, 0) is 26.3 Å². The molecule has 2 aliphatic rings. The van der Waals surface area contributed by atoms with Crippen LogP contribution in [0.15, 0.2) is 60.7 Å². The fraction of sp³-hybridized carbons (Fsp3) is 0.517. The third-order valence-corrected chi connectivity index (χ3v) is 6.07. The number of nitrogens with one attached hydrogen (secondary N) is 1. The summed E-state index contributed by atoms with van der Waals surface area (Å²) in [5.41, 5.74) is 1.22. The maximum Gasteiger partial charge on any atom is 0.308 e. The van der Waals surface area contributed by atoms with Crippen LogP contribution in [0.4, 0.5) is 0 Å². The first-order chi connectivity index (χ1) is 18.2. The van der Waals surface area contributed by atoms with Gasteiger partial charge in [0, 0.05) is 12.5 Å². The van der Waals surface area contributed by atoms with E-state index in [1.807, 2.05) is 81.4 Å². The van der Waals surface area contributed by atoms with Gasteiger partial charge in [-0.25, -0.2) is 0 Å². The highest BCUT2D eigenvalue weighted by Gasteiger charge is 2.51. The quantitative estimate of drug-likeness (QED) is 0.493. The number of rotatable bonds is 9. The molecule has 2 heterocycles. The second-order valence-electron chi connectivity index (χ2n) is 10.4. The van der Waals surface area contributed by atoms with Gasteiger partial charge in [-0.2, -0.15) is 0 Å². The lowest BCUT2D eigenvalue weighted by atomic mass is 9.95. The van der Waals surface area contributed by atoms with Crippen LogP contribution < -0.4 is 5.32 Å². The summed E-state index contributed by atoms with van der Waals surface area (Å²) in [5.74, 6) is -0.637. The molecule has 38 heavy (non-hydrogen) atoms. The van der Waals surface area contributed by atoms with Gasteiger partial charge in [-0.15, -0.1) is 0 Å². The van der Waals surface area contributed by atoms with Gasteiger partial charge in [0.05, 0.1) is 26.2 Å². The zero-order valence-electron chi connectivity index (χ0n) is 22.3. The van der Waals surface area contributed by atoms with Crippen molar-refractivity contribution in [3.63, 3.8) is 0 Å². The van der Waals surface area contributed by atoms with Crippen LogP contribution in [-0.4, -0.2) is 61.3 Å². The number of ether oxygens (including phenoxy) is 6. The molecule has 2 aromatic rings.